The number of likely N-dealkylation sites (N-methyl/N-ethyl adjacent to an activating group) is 1. The lowest BCUT2D eigenvalue weighted by Gasteiger charge is -2.40. The van der Waals surface area contributed by atoms with Crippen LogP contribution in [0.4, 0.5) is 0 Å². The maximum atomic E-state index is 3.48. The first-order valence-electron chi connectivity index (χ1n) is 5.72. The van der Waals surface area contributed by atoms with Crippen LogP contribution >= 0.6 is 0 Å². The van der Waals surface area contributed by atoms with Gasteiger partial charge in [-0.15, -0.1) is 0 Å². The van der Waals surface area contributed by atoms with Crippen molar-refractivity contribution in [3.05, 3.63) is 11.9 Å². The van der Waals surface area contributed by atoms with Gasteiger partial charge in [0.25, 0.3) is 0 Å². The molecule has 0 spiro atoms. The summed E-state index contributed by atoms with van der Waals surface area (Å²) in [5.41, 5.74) is 1.43. The van der Waals surface area contributed by atoms with Crippen LogP contribution in [0.25, 0.3) is 0 Å². The Labute approximate surface area is 92.3 Å². The highest BCUT2D eigenvalue weighted by Crippen LogP contribution is 2.12. The lowest BCUT2D eigenvalue weighted by atomic mass is 10.2. The standard InChI is InChI=1S/C11H22N4/c1-11(2)12-8-10(9-13-11)15-6-4-14(3)5-7-15/h8,12-13H,4-7,9H2,1-3H3. The number of piperazine rings is 1. The Morgan fingerprint density at radius 2 is 1.87 bits per heavy atom. The van der Waals surface area contributed by atoms with E-state index in [2.05, 4.69) is 47.5 Å². The number of nitrogens with zero attached hydrogens (tertiary/aromatic N) is 2. The number of rotatable bonds is 1. The molecule has 0 radical (unpaired) electrons. The van der Waals surface area contributed by atoms with Crippen molar-refractivity contribution in [1.29, 1.82) is 0 Å². The van der Waals surface area contributed by atoms with Crippen LogP contribution in [0.5, 0.6) is 0 Å². The molecule has 1 saturated heterocycles. The quantitative estimate of drug-likeness (QED) is 0.638. The van der Waals surface area contributed by atoms with E-state index in [0.717, 1.165) is 19.6 Å². The molecule has 0 aromatic heterocycles. The predicted octanol–water partition coefficient (Wildman–Crippen LogP) is 0.00410. The Kier molecular flexibility index (Phi) is 2.89. The van der Waals surface area contributed by atoms with E-state index in [1.165, 1.54) is 18.8 Å². The van der Waals surface area contributed by atoms with Gasteiger partial charge in [-0.05, 0) is 20.9 Å². The Bertz CT molecular complexity index is 251. The van der Waals surface area contributed by atoms with Crippen LogP contribution in [0.3, 0.4) is 0 Å². The molecule has 86 valence electrons. The first kappa shape index (κ1) is 10.8. The lowest BCUT2D eigenvalue weighted by Crippen LogP contribution is -2.56. The molecule has 1 fully saturated rings. The van der Waals surface area contributed by atoms with Crippen molar-refractivity contribution >= 4 is 0 Å². The molecule has 0 atom stereocenters. The van der Waals surface area contributed by atoms with Gasteiger partial charge in [-0.3, -0.25) is 5.32 Å². The van der Waals surface area contributed by atoms with Crippen molar-refractivity contribution in [1.82, 2.24) is 20.4 Å². The largest absolute Gasteiger partial charge is 0.372 e. The molecule has 0 saturated carbocycles. The SMILES string of the molecule is CN1CCN(C2=CNC(C)(C)NC2)CC1. The zero-order valence-corrected chi connectivity index (χ0v) is 10.0. The molecular formula is C11H22N4. The normalized spacial score (nSPS) is 27.1. The monoisotopic (exact) mass is 210 g/mol. The molecule has 2 aliphatic heterocycles. The fourth-order valence-corrected chi connectivity index (χ4v) is 1.97. The van der Waals surface area contributed by atoms with Gasteiger partial charge in [0.2, 0.25) is 0 Å². The van der Waals surface area contributed by atoms with E-state index in [4.69, 9.17) is 0 Å². The van der Waals surface area contributed by atoms with Crippen molar-refractivity contribution in [2.75, 3.05) is 39.8 Å². The summed E-state index contributed by atoms with van der Waals surface area (Å²) in [5, 5.41) is 6.87. The van der Waals surface area contributed by atoms with E-state index >= 15 is 0 Å². The van der Waals surface area contributed by atoms with Crippen molar-refractivity contribution in [3.63, 3.8) is 0 Å². The molecule has 0 unspecified atom stereocenters. The van der Waals surface area contributed by atoms with Gasteiger partial charge in [-0.25, -0.2) is 0 Å². The summed E-state index contributed by atoms with van der Waals surface area (Å²) < 4.78 is 0. The van der Waals surface area contributed by atoms with Crippen molar-refractivity contribution in [2.24, 2.45) is 0 Å². The Morgan fingerprint density at radius 3 is 2.40 bits per heavy atom. The summed E-state index contributed by atoms with van der Waals surface area (Å²) in [4.78, 5) is 4.85. The first-order chi connectivity index (χ1) is 7.07. The molecular weight excluding hydrogens is 188 g/mol. The molecule has 0 aliphatic carbocycles. The third kappa shape index (κ3) is 2.63. The number of nitrogens with one attached hydrogen (secondary N) is 2. The predicted molar refractivity (Wildman–Crippen MR) is 62.4 cm³/mol. The summed E-state index contributed by atoms with van der Waals surface area (Å²) in [6.45, 7) is 9.91. The number of hydrogen-bond donors (Lipinski definition) is 2. The zero-order valence-electron chi connectivity index (χ0n) is 10.0. The molecule has 0 amide bonds. The van der Waals surface area contributed by atoms with Crippen LogP contribution in [0, 0.1) is 0 Å². The Hall–Kier alpha value is -0.740. The molecule has 2 heterocycles. The molecule has 0 aromatic rings. The minimum atomic E-state index is 0.0378. The van der Waals surface area contributed by atoms with Gasteiger partial charge < -0.3 is 15.1 Å². The topological polar surface area (TPSA) is 30.5 Å². The molecule has 2 N–H and O–H groups in total. The number of hydrogen-bond acceptors (Lipinski definition) is 4. The maximum Gasteiger partial charge on any atom is 0.0822 e. The highest BCUT2D eigenvalue weighted by atomic mass is 15.3. The van der Waals surface area contributed by atoms with Gasteiger partial charge in [-0.2, -0.15) is 0 Å². The summed E-state index contributed by atoms with van der Waals surface area (Å²) >= 11 is 0. The smallest absolute Gasteiger partial charge is 0.0822 e. The van der Waals surface area contributed by atoms with Crippen molar-refractivity contribution in [2.45, 2.75) is 19.5 Å². The average Bonchev–Trinajstić information content (AvgIpc) is 2.20. The molecule has 0 bridgehead atoms. The van der Waals surface area contributed by atoms with Gasteiger partial charge >= 0.3 is 0 Å². The Morgan fingerprint density at radius 1 is 1.20 bits per heavy atom. The first-order valence-corrected chi connectivity index (χ1v) is 5.72. The van der Waals surface area contributed by atoms with Gasteiger partial charge in [0.05, 0.1) is 5.66 Å². The highest BCUT2D eigenvalue weighted by Gasteiger charge is 2.23. The van der Waals surface area contributed by atoms with Crippen LogP contribution < -0.4 is 10.6 Å². The minimum Gasteiger partial charge on any atom is -0.372 e. The Balaban J connectivity index is 1.92. The molecule has 0 aromatic carbocycles. The van der Waals surface area contributed by atoms with Crippen LogP contribution in [-0.4, -0.2) is 55.2 Å². The highest BCUT2D eigenvalue weighted by molar-refractivity contribution is 5.09. The fourth-order valence-electron chi connectivity index (χ4n) is 1.97. The average molecular weight is 210 g/mol. The third-order valence-corrected chi connectivity index (χ3v) is 3.22. The van der Waals surface area contributed by atoms with E-state index in [1.807, 2.05) is 0 Å². The molecule has 2 aliphatic rings. The zero-order chi connectivity index (χ0) is 10.9. The molecule has 15 heavy (non-hydrogen) atoms. The minimum absolute atomic E-state index is 0.0378. The second-order valence-electron chi connectivity index (χ2n) is 5.05. The maximum absolute atomic E-state index is 3.48. The van der Waals surface area contributed by atoms with Crippen LogP contribution in [0.2, 0.25) is 0 Å². The molecule has 4 heteroatoms. The summed E-state index contributed by atoms with van der Waals surface area (Å²) in [5.74, 6) is 0. The molecule has 4 nitrogen and oxygen atoms in total. The summed E-state index contributed by atoms with van der Waals surface area (Å²) in [7, 11) is 2.19. The van der Waals surface area contributed by atoms with Gasteiger partial charge in [0.1, 0.15) is 0 Å². The van der Waals surface area contributed by atoms with Gasteiger partial charge in [-0.1, -0.05) is 0 Å². The van der Waals surface area contributed by atoms with E-state index < -0.39 is 0 Å². The van der Waals surface area contributed by atoms with Crippen molar-refractivity contribution in [3.8, 4) is 0 Å². The van der Waals surface area contributed by atoms with Gasteiger partial charge in [0, 0.05) is 44.6 Å². The van der Waals surface area contributed by atoms with Gasteiger partial charge in [0.15, 0.2) is 0 Å². The third-order valence-electron chi connectivity index (χ3n) is 3.22. The molecule has 2 rings (SSSR count). The van der Waals surface area contributed by atoms with E-state index in [-0.39, 0.29) is 5.66 Å². The van der Waals surface area contributed by atoms with E-state index in [0.29, 0.717) is 0 Å². The second kappa shape index (κ2) is 4.02. The lowest BCUT2D eigenvalue weighted by molar-refractivity contribution is 0.174. The van der Waals surface area contributed by atoms with Crippen LogP contribution in [-0.2, 0) is 0 Å². The van der Waals surface area contributed by atoms with E-state index in [9.17, 15) is 0 Å². The van der Waals surface area contributed by atoms with Crippen LogP contribution in [0.15, 0.2) is 11.9 Å². The summed E-state index contributed by atoms with van der Waals surface area (Å²) in [6.07, 6.45) is 2.17. The summed E-state index contributed by atoms with van der Waals surface area (Å²) in [6, 6.07) is 0. The van der Waals surface area contributed by atoms with E-state index in [1.54, 1.807) is 0 Å². The van der Waals surface area contributed by atoms with Crippen LogP contribution in [0.1, 0.15) is 13.8 Å². The fraction of sp³-hybridized carbons (Fsp3) is 0.818. The van der Waals surface area contributed by atoms with Crippen molar-refractivity contribution < 1.29 is 0 Å². The second-order valence-corrected chi connectivity index (χ2v) is 5.05.